The van der Waals surface area contributed by atoms with Crippen LogP contribution >= 0.6 is 22.6 Å². The van der Waals surface area contributed by atoms with Crippen LogP contribution < -0.4 is 14.8 Å². The van der Waals surface area contributed by atoms with Gasteiger partial charge < -0.3 is 39.4 Å². The van der Waals surface area contributed by atoms with Crippen molar-refractivity contribution in [3.05, 3.63) is 32.9 Å². The Bertz CT molecular complexity index is 1220. The molecule has 11 nitrogen and oxygen atoms in total. The van der Waals surface area contributed by atoms with E-state index in [4.69, 9.17) is 18.9 Å². The minimum atomic E-state index is -1.22. The van der Waals surface area contributed by atoms with Gasteiger partial charge in [-0.2, -0.15) is 0 Å². The van der Waals surface area contributed by atoms with E-state index in [-0.39, 0.29) is 50.8 Å². The Morgan fingerprint density at radius 2 is 1.94 bits per heavy atom. The lowest BCUT2D eigenvalue weighted by Gasteiger charge is -2.41. The van der Waals surface area contributed by atoms with Gasteiger partial charge in [0.2, 0.25) is 11.8 Å². The number of halogens is 1. The predicted octanol–water partition coefficient (Wildman–Crippen LogP) is 4.15. The van der Waals surface area contributed by atoms with Crippen molar-refractivity contribution < 1.29 is 43.5 Å². The largest absolute Gasteiger partial charge is 0.493 e. The van der Waals surface area contributed by atoms with E-state index in [2.05, 4.69) is 26.1 Å². The van der Waals surface area contributed by atoms with E-state index in [0.717, 1.165) is 19.3 Å². The number of nitrogens with one attached hydrogen (secondary N) is 1. The average Bonchev–Trinajstić information content (AvgIpc) is 3.03. The van der Waals surface area contributed by atoms with Gasteiger partial charge in [0.1, 0.15) is 25.1 Å². The summed E-state index contributed by atoms with van der Waals surface area (Å²) < 4.78 is 24.5. The molecule has 1 aromatic carbocycles. The predicted molar refractivity (Wildman–Crippen MR) is 187 cm³/mol. The number of aldehydes is 1. The van der Waals surface area contributed by atoms with Crippen LogP contribution in [0, 0.1) is 21.3 Å². The molecule has 1 saturated carbocycles. The quantitative estimate of drug-likeness (QED) is 0.121. The summed E-state index contributed by atoms with van der Waals surface area (Å²) in [5.41, 5.74) is 0.711. The van der Waals surface area contributed by atoms with E-state index in [1.807, 2.05) is 36.4 Å². The third-order valence-electron chi connectivity index (χ3n) is 8.95. The van der Waals surface area contributed by atoms with Crippen molar-refractivity contribution in [1.82, 2.24) is 10.2 Å². The van der Waals surface area contributed by atoms with E-state index < -0.39 is 24.2 Å². The molecule has 1 fully saturated rings. The molecule has 12 heteroatoms. The summed E-state index contributed by atoms with van der Waals surface area (Å²) in [5, 5.41) is 23.9. The first kappa shape index (κ1) is 39.2. The number of aliphatic hydroxyl groups is 2. The van der Waals surface area contributed by atoms with Crippen molar-refractivity contribution in [2.45, 2.75) is 97.2 Å². The first-order valence-electron chi connectivity index (χ1n) is 16.7. The van der Waals surface area contributed by atoms with Gasteiger partial charge in [-0.3, -0.25) is 14.4 Å². The number of hydrogen-bond acceptors (Lipinski definition) is 9. The maximum atomic E-state index is 14.1. The van der Waals surface area contributed by atoms with Crippen LogP contribution in [-0.2, 0) is 19.1 Å². The van der Waals surface area contributed by atoms with Crippen molar-refractivity contribution in [1.29, 1.82) is 0 Å². The van der Waals surface area contributed by atoms with Gasteiger partial charge in [-0.1, -0.05) is 27.2 Å². The summed E-state index contributed by atoms with van der Waals surface area (Å²) in [6.07, 6.45) is 3.66. The highest BCUT2D eigenvalue weighted by atomic mass is 127. The van der Waals surface area contributed by atoms with Crippen molar-refractivity contribution in [2.75, 3.05) is 40.0 Å². The second-order valence-electron chi connectivity index (χ2n) is 13.2. The molecule has 47 heavy (non-hydrogen) atoms. The van der Waals surface area contributed by atoms with E-state index in [1.54, 1.807) is 17.0 Å². The zero-order chi connectivity index (χ0) is 34.7. The zero-order valence-corrected chi connectivity index (χ0v) is 30.7. The minimum absolute atomic E-state index is 0.0228. The maximum absolute atomic E-state index is 14.1. The molecule has 0 radical (unpaired) electrons. The highest BCUT2D eigenvalue weighted by Gasteiger charge is 2.41. The monoisotopic (exact) mass is 772 g/mol. The Hall–Kier alpha value is -2.26. The van der Waals surface area contributed by atoms with E-state index in [9.17, 15) is 24.6 Å². The van der Waals surface area contributed by atoms with Crippen LogP contribution in [0.5, 0.6) is 11.5 Å². The number of methoxy groups -OCH3 is 1. The van der Waals surface area contributed by atoms with Crippen LogP contribution in [0.1, 0.15) is 77.1 Å². The fourth-order valence-corrected chi connectivity index (χ4v) is 7.19. The van der Waals surface area contributed by atoms with Gasteiger partial charge in [-0.15, -0.1) is 0 Å². The van der Waals surface area contributed by atoms with Crippen LogP contribution in [0.25, 0.3) is 0 Å². The van der Waals surface area contributed by atoms with Crippen molar-refractivity contribution in [2.24, 2.45) is 17.8 Å². The molecule has 3 N–H and O–H groups in total. The second kappa shape index (κ2) is 19.1. The Morgan fingerprint density at radius 1 is 1.19 bits per heavy atom. The summed E-state index contributed by atoms with van der Waals surface area (Å²) >= 11 is 2.03. The normalized spacial score (nSPS) is 24.5. The Morgan fingerprint density at radius 3 is 2.57 bits per heavy atom. The number of nitrogens with zero attached hydrogens (tertiary/aromatic N) is 1. The molecule has 1 aromatic rings. The third kappa shape index (κ3) is 11.1. The highest BCUT2D eigenvalue weighted by Crippen LogP contribution is 2.38. The van der Waals surface area contributed by atoms with Crippen LogP contribution in [0.4, 0.5) is 0 Å². The van der Waals surface area contributed by atoms with Gasteiger partial charge >= 0.3 is 0 Å². The Labute approximate surface area is 292 Å². The summed E-state index contributed by atoms with van der Waals surface area (Å²) in [6, 6.07) is 2.35. The number of ether oxygens (including phenoxy) is 4. The lowest BCUT2D eigenvalue weighted by Crippen LogP contribution is -2.56. The molecule has 0 aromatic heterocycles. The van der Waals surface area contributed by atoms with Gasteiger partial charge in [0.15, 0.2) is 11.5 Å². The molecule has 0 bridgehead atoms. The van der Waals surface area contributed by atoms with Crippen LogP contribution in [0.15, 0.2) is 23.8 Å². The minimum Gasteiger partial charge on any atom is -0.493 e. The zero-order valence-electron chi connectivity index (χ0n) is 28.6. The summed E-state index contributed by atoms with van der Waals surface area (Å²) in [7, 11) is 1.45. The number of benzene rings is 1. The molecule has 0 spiro atoms. The number of aliphatic hydroxyl groups excluding tert-OH is 2. The molecule has 6 atom stereocenters. The fraction of sp³-hybridized carbons (Fsp3) is 0.686. The molecule has 264 valence electrons. The van der Waals surface area contributed by atoms with Crippen LogP contribution in [0.3, 0.4) is 0 Å². The lowest BCUT2D eigenvalue weighted by molar-refractivity contribution is -0.148. The van der Waals surface area contributed by atoms with Crippen LogP contribution in [-0.4, -0.2) is 104 Å². The van der Waals surface area contributed by atoms with E-state index in [1.165, 1.54) is 13.2 Å². The fourth-order valence-electron chi connectivity index (χ4n) is 6.43. The molecule has 2 aliphatic carbocycles. The lowest BCUT2D eigenvalue weighted by atomic mass is 9.75. The average molecular weight is 773 g/mol. The highest BCUT2D eigenvalue weighted by molar-refractivity contribution is 14.1. The molecule has 0 saturated heterocycles. The molecule has 2 aliphatic rings. The van der Waals surface area contributed by atoms with Crippen molar-refractivity contribution >= 4 is 40.7 Å². The van der Waals surface area contributed by atoms with Crippen molar-refractivity contribution in [3.8, 4) is 11.5 Å². The van der Waals surface area contributed by atoms with Gasteiger partial charge in [0.25, 0.3) is 0 Å². The smallest absolute Gasteiger partial charge is 0.248 e. The van der Waals surface area contributed by atoms with Crippen molar-refractivity contribution in [3.63, 3.8) is 0 Å². The molecular weight excluding hydrogens is 719 g/mol. The number of rotatable bonds is 17. The first-order chi connectivity index (χ1) is 22.4. The van der Waals surface area contributed by atoms with Gasteiger partial charge in [-0.25, -0.2) is 0 Å². The standard InChI is InChI=1S/C35H53IN2O9/c1-21(2)26-9-8-23(5)14-29(26)46-20-32(41)38(11-7-13-45-22(3)4)28-17-25(35(43)37-10-12-39)18-30(33(28)42)47-34-27(36)15-24(19-40)16-31(34)44-6/h15-16,18-19,21-23,26,28-30,33,39,42H,7-14,17,20H2,1-6H3,(H,37,43). The summed E-state index contributed by atoms with van der Waals surface area (Å²) in [5.74, 6) is 1.18. The van der Waals surface area contributed by atoms with E-state index in [0.29, 0.717) is 63.3 Å². The number of amides is 2. The topological polar surface area (TPSA) is 144 Å². The Kier molecular flexibility index (Phi) is 15.9. The summed E-state index contributed by atoms with van der Waals surface area (Å²) in [4.78, 5) is 40.4. The van der Waals surface area contributed by atoms with Gasteiger partial charge in [0.05, 0.1) is 35.5 Å². The molecule has 0 aliphatic heterocycles. The SMILES string of the molecule is COc1cc(C=O)cc(I)c1OC1C=C(C(=O)NCCO)CC(N(CCCOC(C)C)C(=O)COC2CC(C)CCC2C(C)C)C1O. The third-order valence-corrected chi connectivity index (χ3v) is 9.75. The summed E-state index contributed by atoms with van der Waals surface area (Å²) in [6.45, 7) is 10.8. The molecular formula is C35H53IN2O9. The molecule has 2 amide bonds. The second-order valence-corrected chi connectivity index (χ2v) is 14.4. The first-order valence-corrected chi connectivity index (χ1v) is 17.8. The number of hydrogen-bond donors (Lipinski definition) is 3. The number of carbonyl (C=O) groups is 3. The number of carbonyl (C=O) groups excluding carboxylic acids is 3. The van der Waals surface area contributed by atoms with Crippen LogP contribution in [0.2, 0.25) is 0 Å². The maximum Gasteiger partial charge on any atom is 0.248 e. The molecule has 3 rings (SSSR count). The van der Waals surface area contributed by atoms with E-state index >= 15 is 0 Å². The molecule has 6 unspecified atom stereocenters. The Balaban J connectivity index is 1.94. The van der Waals surface area contributed by atoms with Gasteiger partial charge in [0, 0.05) is 37.3 Å². The molecule has 0 heterocycles. The van der Waals surface area contributed by atoms with Gasteiger partial charge in [-0.05, 0) is 91.7 Å².